The van der Waals surface area contributed by atoms with Gasteiger partial charge in [0.2, 0.25) is 11.8 Å². The highest BCUT2D eigenvalue weighted by Crippen LogP contribution is 2.50. The van der Waals surface area contributed by atoms with Crippen LogP contribution in [-0.2, 0) is 25.7 Å². The minimum atomic E-state index is -2.21. The van der Waals surface area contributed by atoms with Gasteiger partial charge in [0.15, 0.2) is 0 Å². The predicted molar refractivity (Wildman–Crippen MR) is 106 cm³/mol. The van der Waals surface area contributed by atoms with Crippen LogP contribution in [0.4, 0.5) is 0 Å². The second-order valence-corrected chi connectivity index (χ2v) is 7.76. The van der Waals surface area contributed by atoms with Crippen molar-refractivity contribution in [2.75, 3.05) is 0 Å². The van der Waals surface area contributed by atoms with Crippen molar-refractivity contribution < 1.29 is 29.4 Å². The maximum Gasteiger partial charge on any atom is 0.325 e. The number of hydrogen-bond acceptors (Lipinski definition) is 7. The van der Waals surface area contributed by atoms with Gasteiger partial charge in [-0.3, -0.25) is 34.4 Å². The van der Waals surface area contributed by atoms with Crippen molar-refractivity contribution in [3.8, 4) is 6.07 Å². The molecule has 0 aliphatic carbocycles. The lowest BCUT2D eigenvalue weighted by Crippen LogP contribution is -2.56. The summed E-state index contributed by atoms with van der Waals surface area (Å²) in [6.07, 6.45) is 0.589. The second-order valence-electron chi connectivity index (χ2n) is 7.76. The van der Waals surface area contributed by atoms with E-state index in [4.69, 9.17) is 0 Å². The summed E-state index contributed by atoms with van der Waals surface area (Å²) in [6, 6.07) is 12.3. The van der Waals surface area contributed by atoms with Crippen molar-refractivity contribution in [2.45, 2.75) is 24.5 Å². The third-order valence-corrected chi connectivity index (χ3v) is 6.02. The third-order valence-electron chi connectivity index (χ3n) is 6.02. The second kappa shape index (κ2) is 7.86. The predicted octanol–water partition coefficient (Wildman–Crippen LogP) is 0.697. The number of fused-ring (bicyclic) bond motifs is 1. The fraction of sp³-hybridized carbons (Fsp3) is 0.273. The van der Waals surface area contributed by atoms with Crippen LogP contribution in [0, 0.1) is 23.2 Å². The smallest absolute Gasteiger partial charge is 0.325 e. The molecule has 2 amide bonds. The quantitative estimate of drug-likeness (QED) is 0.556. The van der Waals surface area contributed by atoms with Crippen molar-refractivity contribution in [3.05, 3.63) is 65.5 Å². The first kappa shape index (κ1) is 21.1. The molecule has 2 aliphatic rings. The number of carbonyl (C=O) groups is 4. The number of hydrogen-bond donors (Lipinski definition) is 3. The lowest BCUT2D eigenvalue weighted by molar-refractivity contribution is -0.156. The highest BCUT2D eigenvalue weighted by molar-refractivity contribution is 6.10. The first-order chi connectivity index (χ1) is 15.3. The lowest BCUT2D eigenvalue weighted by Gasteiger charge is -2.29. The summed E-state index contributed by atoms with van der Waals surface area (Å²) in [5, 5.41) is 31.8. The standard InChI is InChI=1S/C22H18N4O6/c23-10-12-5-1-2-7-14(12)18-16-17(22(25-18,21(31)32)9-15(27)28)20(30)26(19(16)29)11-13-6-3-4-8-24-13/h1-8,16-18,25H,9,11H2,(H,27,28)(H,31,32). The number of likely N-dealkylation sites (tertiary alicyclic amines) is 1. The van der Waals surface area contributed by atoms with Gasteiger partial charge < -0.3 is 10.2 Å². The number of aromatic nitrogens is 1. The Balaban J connectivity index is 1.84. The molecular formula is C22H18N4O6. The molecule has 0 radical (unpaired) electrons. The van der Waals surface area contributed by atoms with E-state index in [0.29, 0.717) is 11.3 Å². The highest BCUT2D eigenvalue weighted by atomic mass is 16.4. The zero-order valence-electron chi connectivity index (χ0n) is 16.6. The van der Waals surface area contributed by atoms with Crippen LogP contribution < -0.4 is 5.32 Å². The molecule has 3 heterocycles. The third kappa shape index (κ3) is 3.19. The van der Waals surface area contributed by atoms with Gasteiger partial charge in [-0.15, -0.1) is 0 Å². The van der Waals surface area contributed by atoms with Crippen LogP contribution in [0.25, 0.3) is 0 Å². The van der Waals surface area contributed by atoms with E-state index in [2.05, 4.69) is 10.3 Å². The molecule has 10 heteroatoms. The fourth-order valence-corrected chi connectivity index (χ4v) is 4.68. The summed E-state index contributed by atoms with van der Waals surface area (Å²) in [4.78, 5) is 55.8. The number of amides is 2. The molecular weight excluding hydrogens is 416 g/mol. The average Bonchev–Trinajstić information content (AvgIpc) is 3.24. The largest absolute Gasteiger partial charge is 0.481 e. The van der Waals surface area contributed by atoms with Gasteiger partial charge >= 0.3 is 11.9 Å². The SMILES string of the molecule is N#Cc1ccccc1C1NC(CC(=O)O)(C(=O)O)C2C(=O)N(Cc3ccccn3)C(=O)C12. The summed E-state index contributed by atoms with van der Waals surface area (Å²) in [6.45, 7) is -0.166. The molecule has 3 N–H and O–H groups in total. The summed E-state index contributed by atoms with van der Waals surface area (Å²) in [5.74, 6) is -7.03. The topological polar surface area (TPSA) is 161 Å². The molecule has 1 aromatic heterocycles. The van der Waals surface area contributed by atoms with Gasteiger partial charge in [-0.1, -0.05) is 24.3 Å². The van der Waals surface area contributed by atoms with Crippen LogP contribution in [0.2, 0.25) is 0 Å². The van der Waals surface area contributed by atoms with Crippen molar-refractivity contribution in [2.24, 2.45) is 11.8 Å². The van der Waals surface area contributed by atoms with Crippen molar-refractivity contribution in [1.29, 1.82) is 5.26 Å². The zero-order valence-corrected chi connectivity index (χ0v) is 16.6. The van der Waals surface area contributed by atoms with E-state index < -0.39 is 53.6 Å². The summed E-state index contributed by atoms with van der Waals surface area (Å²) in [7, 11) is 0. The minimum Gasteiger partial charge on any atom is -0.481 e. The van der Waals surface area contributed by atoms with Crippen LogP contribution in [0.3, 0.4) is 0 Å². The molecule has 0 saturated carbocycles. The highest BCUT2D eigenvalue weighted by Gasteiger charge is 2.69. The molecule has 2 aliphatic heterocycles. The molecule has 2 aromatic rings. The number of carboxylic acids is 2. The number of benzene rings is 1. The summed E-state index contributed by atoms with van der Waals surface area (Å²) in [5.41, 5.74) is -1.26. The molecule has 1 aromatic carbocycles. The maximum atomic E-state index is 13.4. The van der Waals surface area contributed by atoms with Crippen LogP contribution in [0.15, 0.2) is 48.7 Å². The zero-order chi connectivity index (χ0) is 23.0. The number of nitriles is 1. The molecule has 10 nitrogen and oxygen atoms in total. The monoisotopic (exact) mass is 434 g/mol. The Bertz CT molecular complexity index is 1160. The normalized spacial score (nSPS) is 26.6. The Labute approximate surface area is 182 Å². The number of carbonyl (C=O) groups excluding carboxylic acids is 2. The molecule has 162 valence electrons. The van der Waals surface area contributed by atoms with Gasteiger partial charge in [-0.2, -0.15) is 5.26 Å². The number of nitrogens with one attached hydrogen (secondary N) is 1. The maximum absolute atomic E-state index is 13.4. The van der Waals surface area contributed by atoms with Crippen LogP contribution in [-0.4, -0.2) is 49.4 Å². The van der Waals surface area contributed by atoms with Crippen molar-refractivity contribution in [1.82, 2.24) is 15.2 Å². The van der Waals surface area contributed by atoms with Crippen LogP contribution in [0.5, 0.6) is 0 Å². The first-order valence-electron chi connectivity index (χ1n) is 9.77. The van der Waals surface area contributed by atoms with Gasteiger partial charge in [-0.05, 0) is 23.8 Å². The molecule has 0 spiro atoms. The average molecular weight is 434 g/mol. The number of pyridine rings is 1. The molecule has 32 heavy (non-hydrogen) atoms. The van der Waals surface area contributed by atoms with Gasteiger partial charge in [0.25, 0.3) is 0 Å². The Morgan fingerprint density at radius 2 is 1.84 bits per heavy atom. The molecule has 2 fully saturated rings. The number of imide groups is 1. The number of rotatable bonds is 6. The van der Waals surface area contributed by atoms with Gasteiger partial charge in [-0.25, -0.2) is 0 Å². The Kier molecular flexibility index (Phi) is 5.20. The van der Waals surface area contributed by atoms with E-state index in [1.807, 2.05) is 6.07 Å². The molecule has 4 unspecified atom stereocenters. The number of nitrogens with zero attached hydrogens (tertiary/aromatic N) is 3. The Morgan fingerprint density at radius 1 is 1.12 bits per heavy atom. The minimum absolute atomic E-state index is 0.166. The number of carboxylic acid groups (broad SMARTS) is 2. The van der Waals surface area contributed by atoms with Crippen molar-refractivity contribution in [3.63, 3.8) is 0 Å². The van der Waals surface area contributed by atoms with Crippen LogP contribution >= 0.6 is 0 Å². The van der Waals surface area contributed by atoms with Crippen molar-refractivity contribution >= 4 is 23.8 Å². The lowest BCUT2D eigenvalue weighted by atomic mass is 9.77. The van der Waals surface area contributed by atoms with E-state index in [1.165, 1.54) is 12.3 Å². The van der Waals surface area contributed by atoms with Crippen LogP contribution in [0.1, 0.15) is 29.3 Å². The summed E-state index contributed by atoms with van der Waals surface area (Å²) >= 11 is 0. The molecule has 4 rings (SSSR count). The fourth-order valence-electron chi connectivity index (χ4n) is 4.68. The van der Waals surface area contributed by atoms with E-state index in [-0.39, 0.29) is 12.1 Å². The first-order valence-corrected chi connectivity index (χ1v) is 9.77. The van der Waals surface area contributed by atoms with Gasteiger partial charge in [0, 0.05) is 12.2 Å². The Hall–Kier alpha value is -4.10. The molecule has 2 saturated heterocycles. The van der Waals surface area contributed by atoms with E-state index in [1.54, 1.807) is 36.4 Å². The van der Waals surface area contributed by atoms with Gasteiger partial charge in [0.05, 0.1) is 42.1 Å². The van der Waals surface area contributed by atoms with E-state index >= 15 is 0 Å². The molecule has 4 atom stereocenters. The Morgan fingerprint density at radius 3 is 2.47 bits per heavy atom. The summed E-state index contributed by atoms with van der Waals surface area (Å²) < 4.78 is 0. The van der Waals surface area contributed by atoms with E-state index in [9.17, 15) is 34.7 Å². The molecule has 0 bridgehead atoms. The number of aliphatic carboxylic acids is 2. The van der Waals surface area contributed by atoms with Gasteiger partial charge in [0.1, 0.15) is 5.54 Å². The van der Waals surface area contributed by atoms with E-state index in [0.717, 1.165) is 4.90 Å².